The minimum Gasteiger partial charge on any atom is -0.444 e. The molecule has 0 saturated carbocycles. The van der Waals surface area contributed by atoms with Crippen LogP contribution in [0.15, 0.2) is 30.7 Å². The average Bonchev–Trinajstić information content (AvgIpc) is 3.07. The normalized spacial score (nSPS) is 20.1. The molecular weight excluding hydrogens is 638 g/mol. The number of carbonyl (C=O) groups excluding carboxylic acids is 3. The number of rotatable bonds is 11. The van der Waals surface area contributed by atoms with Crippen LogP contribution in [0.25, 0.3) is 0 Å². The Bertz CT molecular complexity index is 1440. The van der Waals surface area contributed by atoms with E-state index in [1.807, 2.05) is 72.4 Å². The Balaban J connectivity index is 1.67. The van der Waals surface area contributed by atoms with Gasteiger partial charge in [0.25, 0.3) is 5.91 Å². The number of aromatic nitrogens is 3. The number of amides is 3. The number of morpholine rings is 1. The van der Waals surface area contributed by atoms with E-state index < -0.39 is 23.7 Å². The number of methoxy groups -OCH3 is 1. The summed E-state index contributed by atoms with van der Waals surface area (Å²) in [6, 6.07) is 3.34. The minimum absolute atomic E-state index is 0.0734. The Morgan fingerprint density at radius 3 is 2.48 bits per heavy atom. The third kappa shape index (κ3) is 10.6. The van der Waals surface area contributed by atoms with E-state index in [1.54, 1.807) is 35.5 Å². The van der Waals surface area contributed by atoms with E-state index in [1.165, 1.54) is 0 Å². The van der Waals surface area contributed by atoms with Crippen molar-refractivity contribution < 1.29 is 28.6 Å². The first-order valence-corrected chi connectivity index (χ1v) is 17.8. The van der Waals surface area contributed by atoms with Gasteiger partial charge in [0, 0.05) is 76.0 Å². The lowest BCUT2D eigenvalue weighted by Gasteiger charge is -2.44. The summed E-state index contributed by atoms with van der Waals surface area (Å²) in [5.41, 5.74) is 0.193. The van der Waals surface area contributed by atoms with Crippen molar-refractivity contribution in [3.8, 4) is 0 Å². The lowest BCUT2D eigenvalue weighted by molar-refractivity contribution is -0.146. The highest BCUT2D eigenvalue weighted by Crippen LogP contribution is 2.30. The van der Waals surface area contributed by atoms with Crippen LogP contribution in [0.2, 0.25) is 0 Å². The molecule has 2 aliphatic heterocycles. The Morgan fingerprint density at radius 1 is 1.08 bits per heavy atom. The van der Waals surface area contributed by atoms with Crippen molar-refractivity contribution in [2.75, 3.05) is 64.9 Å². The number of likely N-dealkylation sites (tertiary alicyclic amines) is 1. The first-order chi connectivity index (χ1) is 23.6. The van der Waals surface area contributed by atoms with E-state index in [0.29, 0.717) is 63.0 Å². The molecule has 1 N–H and O–H groups in total. The van der Waals surface area contributed by atoms with Crippen LogP contribution >= 0.6 is 0 Å². The number of piperidine rings is 1. The van der Waals surface area contributed by atoms with Crippen LogP contribution in [0.1, 0.15) is 96.1 Å². The highest BCUT2D eigenvalue weighted by molar-refractivity contribution is 5.98. The first-order valence-electron chi connectivity index (χ1n) is 17.8. The maximum Gasteiger partial charge on any atom is 0.410 e. The quantitative estimate of drug-likeness (QED) is 0.322. The predicted octanol–water partition coefficient (Wildman–Crippen LogP) is 4.94. The Kier molecular flexibility index (Phi) is 13.2. The van der Waals surface area contributed by atoms with E-state index in [9.17, 15) is 14.4 Å². The highest BCUT2D eigenvalue weighted by atomic mass is 16.6. The monoisotopic (exact) mass is 695 g/mol. The Hall–Kier alpha value is -3.84. The smallest absolute Gasteiger partial charge is 0.410 e. The largest absolute Gasteiger partial charge is 0.444 e. The second-order valence-electron chi connectivity index (χ2n) is 15.7. The van der Waals surface area contributed by atoms with Crippen LogP contribution < -0.4 is 5.32 Å². The SMILES string of the molecule is COCCCNc1nc(C(C)(C)C)ncc1C(=O)N(CC(C)C)[C@H]1C[C@@H](C(=O)N2CCOC(c3cccnc3)C2)CN(C(=O)OC(C)(C)C)C1. The summed E-state index contributed by atoms with van der Waals surface area (Å²) < 4.78 is 17.0. The fraction of sp³-hybridized carbons (Fsp3) is 0.676. The molecule has 2 aromatic rings. The number of carbonyl (C=O) groups is 3. The third-order valence-corrected chi connectivity index (χ3v) is 8.63. The summed E-state index contributed by atoms with van der Waals surface area (Å²) in [5, 5.41) is 3.35. The van der Waals surface area contributed by atoms with E-state index >= 15 is 0 Å². The van der Waals surface area contributed by atoms with Crippen molar-refractivity contribution in [2.24, 2.45) is 11.8 Å². The van der Waals surface area contributed by atoms with Gasteiger partial charge >= 0.3 is 6.09 Å². The molecular formula is C37H57N7O6. The number of nitrogens with one attached hydrogen (secondary N) is 1. The van der Waals surface area contributed by atoms with Crippen molar-refractivity contribution in [1.29, 1.82) is 0 Å². The zero-order valence-corrected chi connectivity index (χ0v) is 31.4. The van der Waals surface area contributed by atoms with Gasteiger partial charge in [-0.25, -0.2) is 14.8 Å². The number of hydrogen-bond acceptors (Lipinski definition) is 10. The number of hydrogen-bond donors (Lipinski definition) is 1. The van der Waals surface area contributed by atoms with Crippen molar-refractivity contribution in [3.63, 3.8) is 0 Å². The van der Waals surface area contributed by atoms with Crippen LogP contribution in [0.3, 0.4) is 0 Å². The van der Waals surface area contributed by atoms with Gasteiger partial charge < -0.3 is 34.2 Å². The second kappa shape index (κ2) is 16.9. The molecule has 0 spiro atoms. The molecule has 0 aliphatic carbocycles. The van der Waals surface area contributed by atoms with Crippen molar-refractivity contribution in [2.45, 2.75) is 91.4 Å². The molecule has 3 atom stereocenters. The molecule has 276 valence electrons. The minimum atomic E-state index is -0.729. The van der Waals surface area contributed by atoms with Gasteiger partial charge in [-0.3, -0.25) is 14.6 Å². The fourth-order valence-corrected chi connectivity index (χ4v) is 6.23. The molecule has 50 heavy (non-hydrogen) atoms. The van der Waals surface area contributed by atoms with Crippen LogP contribution in [0, 0.1) is 11.8 Å². The molecule has 1 unspecified atom stereocenters. The maximum atomic E-state index is 14.7. The summed E-state index contributed by atoms with van der Waals surface area (Å²) in [6.07, 6.45) is 5.38. The summed E-state index contributed by atoms with van der Waals surface area (Å²) in [7, 11) is 1.65. The number of nitrogens with zero attached hydrogens (tertiary/aromatic N) is 6. The molecule has 13 nitrogen and oxygen atoms in total. The average molecular weight is 696 g/mol. The van der Waals surface area contributed by atoms with E-state index in [-0.39, 0.29) is 42.3 Å². The highest BCUT2D eigenvalue weighted by Gasteiger charge is 2.42. The van der Waals surface area contributed by atoms with E-state index in [4.69, 9.17) is 19.2 Å². The Morgan fingerprint density at radius 2 is 1.84 bits per heavy atom. The summed E-state index contributed by atoms with van der Waals surface area (Å²) in [5.74, 6) is 0.310. The van der Waals surface area contributed by atoms with Crippen LogP contribution in [0.4, 0.5) is 10.6 Å². The van der Waals surface area contributed by atoms with Crippen LogP contribution in [-0.4, -0.2) is 119 Å². The Labute approximate surface area is 297 Å². The summed E-state index contributed by atoms with van der Waals surface area (Å²) in [4.78, 5) is 61.4. The van der Waals surface area contributed by atoms with Crippen LogP contribution in [-0.2, 0) is 24.4 Å². The van der Waals surface area contributed by atoms with E-state index in [0.717, 1.165) is 12.0 Å². The van der Waals surface area contributed by atoms with Crippen molar-refractivity contribution in [1.82, 2.24) is 29.7 Å². The van der Waals surface area contributed by atoms with Crippen LogP contribution in [0.5, 0.6) is 0 Å². The molecule has 2 fully saturated rings. The molecule has 3 amide bonds. The number of ether oxygens (including phenoxy) is 3. The second-order valence-corrected chi connectivity index (χ2v) is 15.7. The van der Waals surface area contributed by atoms with Gasteiger partial charge in [0.05, 0.1) is 25.1 Å². The maximum absolute atomic E-state index is 14.7. The standard InChI is InChI=1S/C37H57N7O6/c1-25(2)21-44(33(46)29-20-40-34(36(3,4)5)41-31(29)39-14-11-16-48-9)28-18-27(22-43(23-28)35(47)50-37(6,7)8)32(45)42-15-17-49-30(24-42)26-12-10-13-38-19-26/h10,12-13,19-20,25,27-28,30H,11,14-18,21-24H2,1-9H3,(H,39,40,41)/t27-,28+,30?/m1/s1. The van der Waals surface area contributed by atoms with Gasteiger partial charge in [0.15, 0.2) is 0 Å². The van der Waals surface area contributed by atoms with Crippen molar-refractivity contribution >= 4 is 23.7 Å². The lowest BCUT2D eigenvalue weighted by atomic mass is 9.90. The van der Waals surface area contributed by atoms with Gasteiger partial charge in [0.2, 0.25) is 5.91 Å². The number of pyridine rings is 1. The van der Waals surface area contributed by atoms with Crippen molar-refractivity contribution in [3.05, 3.63) is 47.7 Å². The fourth-order valence-electron chi connectivity index (χ4n) is 6.23. The first kappa shape index (κ1) is 39.0. The lowest BCUT2D eigenvalue weighted by Crippen LogP contribution is -2.58. The molecule has 13 heteroatoms. The molecule has 0 aromatic carbocycles. The molecule has 2 aliphatic rings. The van der Waals surface area contributed by atoms with Gasteiger partial charge in [-0.1, -0.05) is 40.7 Å². The molecule has 4 heterocycles. The van der Waals surface area contributed by atoms with Gasteiger partial charge in [-0.15, -0.1) is 0 Å². The summed E-state index contributed by atoms with van der Waals surface area (Å²) in [6.45, 7) is 18.8. The molecule has 4 rings (SSSR count). The van der Waals surface area contributed by atoms with Gasteiger partial charge in [0.1, 0.15) is 28.9 Å². The molecule has 2 saturated heterocycles. The number of anilines is 1. The molecule has 0 bridgehead atoms. The third-order valence-electron chi connectivity index (χ3n) is 8.63. The molecule has 2 aromatic heterocycles. The van der Waals surface area contributed by atoms with Gasteiger partial charge in [-0.05, 0) is 45.6 Å². The zero-order chi connectivity index (χ0) is 36.6. The van der Waals surface area contributed by atoms with Gasteiger partial charge in [-0.2, -0.15) is 0 Å². The van der Waals surface area contributed by atoms with E-state index in [2.05, 4.69) is 15.3 Å². The summed E-state index contributed by atoms with van der Waals surface area (Å²) >= 11 is 0. The predicted molar refractivity (Wildman–Crippen MR) is 191 cm³/mol. The molecule has 0 radical (unpaired) electrons. The zero-order valence-electron chi connectivity index (χ0n) is 31.4. The topological polar surface area (TPSA) is 139 Å².